The van der Waals surface area contributed by atoms with Crippen LogP contribution >= 0.6 is 0 Å². The van der Waals surface area contributed by atoms with Crippen LogP contribution in [0.2, 0.25) is 0 Å². The highest BCUT2D eigenvalue weighted by Crippen LogP contribution is 2.39. The number of hydrogen-bond donors (Lipinski definition) is 0. The number of benzene rings is 1. The summed E-state index contributed by atoms with van der Waals surface area (Å²) in [6.07, 6.45) is -5.03. The summed E-state index contributed by atoms with van der Waals surface area (Å²) in [6.45, 7) is 5.00. The lowest BCUT2D eigenvalue weighted by molar-refractivity contribution is -0.265. The minimum atomic E-state index is -1.27. The van der Waals surface area contributed by atoms with Crippen molar-refractivity contribution >= 4 is 17.7 Å². The number of esters is 2. The van der Waals surface area contributed by atoms with E-state index in [4.69, 9.17) is 28.4 Å². The molecule has 0 aliphatic carbocycles. The fraction of sp³-hybridized carbons (Fsp3) is 0.591. The molecule has 2 aliphatic heterocycles. The largest absolute Gasteiger partial charge is 0.467 e. The number of ether oxygens (including phenoxy) is 6. The fourth-order valence-corrected chi connectivity index (χ4v) is 3.55. The van der Waals surface area contributed by atoms with Crippen molar-refractivity contribution in [2.45, 2.75) is 76.7 Å². The molecule has 0 bridgehead atoms. The summed E-state index contributed by atoms with van der Waals surface area (Å²) >= 11 is 0. The molecule has 0 unspecified atom stereocenters. The van der Waals surface area contributed by atoms with Gasteiger partial charge in [0.25, 0.3) is 0 Å². The van der Waals surface area contributed by atoms with Gasteiger partial charge in [-0.25, -0.2) is 4.79 Å². The second-order valence-corrected chi connectivity index (χ2v) is 7.97. The number of methoxy groups -OCH3 is 1. The molecule has 2 fully saturated rings. The Bertz CT molecular complexity index is 791. The van der Waals surface area contributed by atoms with E-state index in [1.165, 1.54) is 14.0 Å². The van der Waals surface area contributed by atoms with Gasteiger partial charge in [0, 0.05) is 6.42 Å². The Kier molecular flexibility index (Phi) is 7.42. The van der Waals surface area contributed by atoms with Gasteiger partial charge < -0.3 is 33.2 Å². The van der Waals surface area contributed by atoms with Crippen LogP contribution in [0.3, 0.4) is 0 Å². The molecule has 1 aromatic carbocycles. The summed E-state index contributed by atoms with van der Waals surface area (Å²) in [4.78, 5) is 36.1. The quantitative estimate of drug-likeness (QED) is 0.565. The third-order valence-corrected chi connectivity index (χ3v) is 4.98. The van der Waals surface area contributed by atoms with Gasteiger partial charge in [-0.05, 0) is 26.3 Å². The molecule has 3 rings (SSSR count). The van der Waals surface area contributed by atoms with Gasteiger partial charge in [0.2, 0.25) is 0 Å². The Labute approximate surface area is 180 Å². The van der Waals surface area contributed by atoms with E-state index in [2.05, 4.69) is 0 Å². The van der Waals surface area contributed by atoms with Gasteiger partial charge in [0.05, 0.1) is 20.1 Å². The van der Waals surface area contributed by atoms with Crippen molar-refractivity contribution in [1.29, 1.82) is 0 Å². The van der Waals surface area contributed by atoms with Crippen LogP contribution in [0.15, 0.2) is 30.3 Å². The predicted octanol–water partition coefficient (Wildman–Crippen LogP) is 1.90. The molecule has 2 heterocycles. The van der Waals surface area contributed by atoms with Gasteiger partial charge in [-0.1, -0.05) is 30.3 Å². The summed E-state index contributed by atoms with van der Waals surface area (Å²) in [5.41, 5.74) is 0.889. The molecule has 5 atom stereocenters. The van der Waals surface area contributed by atoms with Gasteiger partial charge in [-0.15, -0.1) is 0 Å². The molecule has 1 aromatic rings. The van der Waals surface area contributed by atoms with E-state index in [0.29, 0.717) is 0 Å². The van der Waals surface area contributed by atoms with Crippen molar-refractivity contribution in [3.8, 4) is 0 Å². The lowest BCUT2D eigenvalue weighted by Gasteiger charge is -2.40. The Morgan fingerprint density at radius 1 is 1.03 bits per heavy atom. The first-order valence-corrected chi connectivity index (χ1v) is 10.1. The van der Waals surface area contributed by atoms with Crippen molar-refractivity contribution in [2.75, 3.05) is 7.11 Å². The monoisotopic (exact) mass is 436 g/mol. The molecule has 0 saturated carbocycles. The Balaban J connectivity index is 1.86. The average Bonchev–Trinajstić information content (AvgIpc) is 3.05. The Morgan fingerprint density at radius 3 is 2.39 bits per heavy atom. The minimum absolute atomic E-state index is 0.0313. The fourth-order valence-electron chi connectivity index (χ4n) is 3.55. The van der Waals surface area contributed by atoms with E-state index >= 15 is 0 Å². The number of Topliss-reactive ketones (excluding diaryl/α,β-unsaturated/α-hetero) is 1. The van der Waals surface area contributed by atoms with Gasteiger partial charge >= 0.3 is 11.9 Å². The average molecular weight is 436 g/mol. The molecule has 0 aromatic heterocycles. The maximum Gasteiger partial charge on any atom is 0.339 e. The highest BCUT2D eigenvalue weighted by molar-refractivity contribution is 5.81. The second kappa shape index (κ2) is 9.86. The van der Waals surface area contributed by atoms with Crippen molar-refractivity contribution in [2.24, 2.45) is 0 Å². The Morgan fingerprint density at radius 2 is 1.74 bits per heavy atom. The molecule has 170 valence electrons. The molecule has 2 aliphatic rings. The number of hydrogen-bond acceptors (Lipinski definition) is 9. The molecular weight excluding hydrogens is 408 g/mol. The van der Waals surface area contributed by atoms with Crippen LogP contribution in [0.5, 0.6) is 0 Å². The topological polar surface area (TPSA) is 107 Å². The molecular formula is C22H28O9. The van der Waals surface area contributed by atoms with E-state index in [1.807, 2.05) is 30.3 Å². The number of carbonyl (C=O) groups excluding carboxylic acids is 3. The summed E-state index contributed by atoms with van der Waals surface area (Å²) in [7, 11) is 1.21. The molecule has 0 N–H and O–H groups in total. The zero-order valence-electron chi connectivity index (χ0n) is 18.1. The van der Waals surface area contributed by atoms with Crippen LogP contribution < -0.4 is 0 Å². The highest BCUT2D eigenvalue weighted by Gasteiger charge is 2.58. The zero-order valence-corrected chi connectivity index (χ0v) is 18.1. The summed E-state index contributed by atoms with van der Waals surface area (Å²) in [6, 6.07) is 9.41. The van der Waals surface area contributed by atoms with Crippen LogP contribution in [0.1, 0.15) is 39.2 Å². The standard InChI is InChI=1S/C22H28O9/c1-13(23)10-11-15(24)28-17-16(27-12-14-8-6-5-7-9-14)19-21(31-22(2,3)30-19)29-18(17)20(25)26-4/h5-9,16-19,21H,10-12H2,1-4H3/t16-,17-,18+,19+,21+/m0/s1. The second-order valence-electron chi connectivity index (χ2n) is 7.97. The molecule has 9 heteroatoms. The first-order valence-electron chi connectivity index (χ1n) is 10.1. The third kappa shape index (κ3) is 5.88. The summed E-state index contributed by atoms with van der Waals surface area (Å²) in [5.74, 6) is -2.52. The normalized spacial score (nSPS) is 29.1. The first kappa shape index (κ1) is 23.3. The molecule has 31 heavy (non-hydrogen) atoms. The van der Waals surface area contributed by atoms with Crippen LogP contribution in [0.4, 0.5) is 0 Å². The maximum absolute atomic E-state index is 12.5. The first-order chi connectivity index (χ1) is 14.7. The molecule has 9 nitrogen and oxygen atoms in total. The summed E-state index contributed by atoms with van der Waals surface area (Å²) < 4.78 is 34.0. The van der Waals surface area contributed by atoms with Crippen LogP contribution in [0, 0.1) is 0 Å². The van der Waals surface area contributed by atoms with E-state index < -0.39 is 48.4 Å². The van der Waals surface area contributed by atoms with Crippen molar-refractivity contribution in [3.05, 3.63) is 35.9 Å². The van der Waals surface area contributed by atoms with E-state index in [1.54, 1.807) is 13.8 Å². The predicted molar refractivity (Wildman–Crippen MR) is 106 cm³/mol. The lowest BCUT2D eigenvalue weighted by Crippen LogP contribution is -2.61. The molecule has 0 amide bonds. The van der Waals surface area contributed by atoms with Crippen LogP contribution in [-0.4, -0.2) is 61.3 Å². The van der Waals surface area contributed by atoms with Gasteiger partial charge in [-0.2, -0.15) is 0 Å². The molecule has 0 spiro atoms. The van der Waals surface area contributed by atoms with Crippen molar-refractivity contribution < 1.29 is 42.8 Å². The SMILES string of the molecule is COC(=O)[C@@H]1O[C@@H]2OC(C)(C)O[C@@H]2[C@@H](OCc2ccccc2)[C@@H]1OC(=O)CCC(C)=O. The Hall–Kier alpha value is -2.33. The summed E-state index contributed by atoms with van der Waals surface area (Å²) in [5, 5.41) is 0. The van der Waals surface area contributed by atoms with Crippen molar-refractivity contribution in [1.82, 2.24) is 0 Å². The van der Waals surface area contributed by atoms with E-state index in [9.17, 15) is 14.4 Å². The third-order valence-electron chi connectivity index (χ3n) is 4.98. The smallest absolute Gasteiger partial charge is 0.339 e. The lowest BCUT2D eigenvalue weighted by atomic mass is 9.98. The molecule has 0 radical (unpaired) electrons. The number of fused-ring (bicyclic) bond motifs is 1. The van der Waals surface area contributed by atoms with Gasteiger partial charge in [-0.3, -0.25) is 4.79 Å². The molecule has 2 saturated heterocycles. The highest BCUT2D eigenvalue weighted by atomic mass is 16.8. The number of rotatable bonds is 8. The number of carbonyl (C=O) groups is 3. The van der Waals surface area contributed by atoms with Gasteiger partial charge in [0.1, 0.15) is 18.0 Å². The zero-order chi connectivity index (χ0) is 22.6. The van der Waals surface area contributed by atoms with Crippen LogP contribution in [-0.2, 0) is 49.4 Å². The van der Waals surface area contributed by atoms with E-state index in [0.717, 1.165) is 5.56 Å². The van der Waals surface area contributed by atoms with Gasteiger partial charge in [0.15, 0.2) is 24.3 Å². The minimum Gasteiger partial charge on any atom is -0.467 e. The number of ketones is 1. The van der Waals surface area contributed by atoms with Crippen molar-refractivity contribution in [3.63, 3.8) is 0 Å². The van der Waals surface area contributed by atoms with E-state index in [-0.39, 0.29) is 25.2 Å². The van der Waals surface area contributed by atoms with Crippen LogP contribution in [0.25, 0.3) is 0 Å². The maximum atomic E-state index is 12.5.